The second kappa shape index (κ2) is 11.9. The van der Waals surface area contributed by atoms with Crippen LogP contribution in [0.3, 0.4) is 0 Å². The maximum atomic E-state index is 12.3. The number of ether oxygens (including phenoxy) is 1. The Hall–Kier alpha value is -3.18. The van der Waals surface area contributed by atoms with Gasteiger partial charge in [-0.05, 0) is 48.6 Å². The van der Waals surface area contributed by atoms with E-state index in [4.69, 9.17) is 9.84 Å². The van der Waals surface area contributed by atoms with E-state index in [9.17, 15) is 4.79 Å². The maximum Gasteiger partial charge on any atom is 0.410 e. The number of rotatable bonds is 6. The molecule has 0 saturated carbocycles. The first-order valence-corrected chi connectivity index (χ1v) is 10.8. The number of carbonyl (C=O) groups is 1. The minimum absolute atomic E-state index is 0.0298. The van der Waals surface area contributed by atoms with Crippen molar-refractivity contribution in [1.29, 1.82) is 0 Å². The summed E-state index contributed by atoms with van der Waals surface area (Å²) in [5, 5.41) is 8.90. The summed E-state index contributed by atoms with van der Waals surface area (Å²) < 4.78 is 5.51. The summed E-state index contributed by atoms with van der Waals surface area (Å²) in [5.74, 6) is 0. The Labute approximate surface area is 184 Å². The number of amides is 1. The maximum absolute atomic E-state index is 12.3. The van der Waals surface area contributed by atoms with Gasteiger partial charge in [-0.1, -0.05) is 60.7 Å². The number of benzene rings is 2. The number of hydrogen-bond donors (Lipinski definition) is 1. The van der Waals surface area contributed by atoms with Crippen molar-refractivity contribution in [2.45, 2.75) is 38.3 Å². The molecule has 162 valence electrons. The molecule has 1 aliphatic heterocycles. The number of carbonyl (C=O) groups excluding carboxylic acids is 1. The molecule has 31 heavy (non-hydrogen) atoms. The van der Waals surface area contributed by atoms with Gasteiger partial charge in [-0.3, -0.25) is 4.98 Å². The third kappa shape index (κ3) is 6.66. The van der Waals surface area contributed by atoms with E-state index in [2.05, 4.69) is 29.2 Å². The third-order valence-electron chi connectivity index (χ3n) is 5.42. The molecule has 1 fully saturated rings. The van der Waals surface area contributed by atoms with E-state index in [0.29, 0.717) is 13.0 Å². The lowest BCUT2D eigenvalue weighted by molar-refractivity contribution is 0.00760. The largest absolute Gasteiger partial charge is 0.446 e. The molecule has 2 aromatic carbocycles. The van der Waals surface area contributed by atoms with E-state index in [1.807, 2.05) is 55.5 Å². The van der Waals surface area contributed by atoms with E-state index < -0.39 is 0 Å². The monoisotopic (exact) mass is 418 g/mol. The molecule has 1 saturated heterocycles. The first-order chi connectivity index (χ1) is 15.2. The molecule has 2 heterocycles. The van der Waals surface area contributed by atoms with E-state index >= 15 is 0 Å². The van der Waals surface area contributed by atoms with Gasteiger partial charge in [0, 0.05) is 32.0 Å². The Bertz CT molecular complexity index is 874. The molecule has 3 aromatic rings. The number of hydrogen-bond acceptors (Lipinski definition) is 4. The molecule has 2 atom stereocenters. The predicted molar refractivity (Wildman–Crippen MR) is 122 cm³/mol. The summed E-state index contributed by atoms with van der Waals surface area (Å²) in [7, 11) is 0. The van der Waals surface area contributed by atoms with Crippen LogP contribution in [0.4, 0.5) is 4.79 Å². The van der Waals surface area contributed by atoms with Gasteiger partial charge in [0.2, 0.25) is 0 Å². The minimum atomic E-state index is -0.264. The van der Waals surface area contributed by atoms with Crippen LogP contribution in [0.5, 0.6) is 0 Å². The zero-order valence-electron chi connectivity index (χ0n) is 17.9. The average molecular weight is 419 g/mol. The van der Waals surface area contributed by atoms with Gasteiger partial charge >= 0.3 is 6.09 Å². The van der Waals surface area contributed by atoms with Gasteiger partial charge in [0.1, 0.15) is 6.10 Å². The third-order valence-corrected chi connectivity index (χ3v) is 5.42. The van der Waals surface area contributed by atoms with Crippen LogP contribution in [0.25, 0.3) is 11.1 Å². The second-order valence-electron chi connectivity index (χ2n) is 7.54. The van der Waals surface area contributed by atoms with Crippen LogP contribution in [0.1, 0.15) is 37.8 Å². The van der Waals surface area contributed by atoms with E-state index in [0.717, 1.165) is 29.5 Å². The lowest BCUT2D eigenvalue weighted by atomic mass is 10.0. The van der Waals surface area contributed by atoms with Gasteiger partial charge in [0.25, 0.3) is 0 Å². The molecule has 0 spiro atoms. The summed E-state index contributed by atoms with van der Waals surface area (Å²) in [4.78, 5) is 18.1. The van der Waals surface area contributed by atoms with Crippen molar-refractivity contribution in [2.75, 3.05) is 13.2 Å². The highest BCUT2D eigenvalue weighted by Crippen LogP contribution is 2.28. The molecule has 5 nitrogen and oxygen atoms in total. The topological polar surface area (TPSA) is 62.7 Å². The average Bonchev–Trinajstić information content (AvgIpc) is 2.84. The van der Waals surface area contributed by atoms with Crippen molar-refractivity contribution in [3.8, 4) is 11.1 Å². The smallest absolute Gasteiger partial charge is 0.410 e. The molecule has 0 bridgehead atoms. The minimum Gasteiger partial charge on any atom is -0.446 e. The predicted octanol–water partition coefficient (Wildman–Crippen LogP) is 5.48. The lowest BCUT2D eigenvalue weighted by Crippen LogP contribution is -2.43. The first-order valence-electron chi connectivity index (χ1n) is 10.8. The fourth-order valence-electron chi connectivity index (χ4n) is 3.58. The summed E-state index contributed by atoms with van der Waals surface area (Å²) in [5.41, 5.74) is 3.34. The molecule has 5 heteroatoms. The van der Waals surface area contributed by atoms with Crippen molar-refractivity contribution < 1.29 is 14.6 Å². The zero-order valence-corrected chi connectivity index (χ0v) is 17.9. The van der Waals surface area contributed by atoms with Gasteiger partial charge in [-0.25, -0.2) is 4.79 Å². The van der Waals surface area contributed by atoms with Crippen LogP contribution >= 0.6 is 0 Å². The number of aliphatic hydroxyl groups excluding tert-OH is 1. The summed E-state index contributed by atoms with van der Waals surface area (Å²) in [6, 6.07) is 24.2. The van der Waals surface area contributed by atoms with Crippen LogP contribution in [-0.2, 0) is 4.74 Å². The summed E-state index contributed by atoms with van der Waals surface area (Å²) in [6.45, 7) is 2.84. The Morgan fingerprint density at radius 2 is 1.58 bits per heavy atom. The number of aromatic nitrogens is 1. The molecular weight excluding hydrogens is 388 g/mol. The number of pyridine rings is 1. The Morgan fingerprint density at radius 1 is 1.00 bits per heavy atom. The number of cyclic esters (lactones) is 1. The highest BCUT2D eigenvalue weighted by Gasteiger charge is 2.30. The van der Waals surface area contributed by atoms with Crippen molar-refractivity contribution >= 4 is 6.09 Å². The van der Waals surface area contributed by atoms with Crippen LogP contribution in [0.15, 0.2) is 85.2 Å². The Morgan fingerprint density at radius 3 is 2.13 bits per heavy atom. The fraction of sp³-hybridized carbons (Fsp3) is 0.308. The molecule has 0 radical (unpaired) electrons. The van der Waals surface area contributed by atoms with Crippen molar-refractivity contribution in [1.82, 2.24) is 9.88 Å². The van der Waals surface area contributed by atoms with Crippen molar-refractivity contribution in [3.05, 3.63) is 90.8 Å². The second-order valence-corrected chi connectivity index (χ2v) is 7.54. The lowest BCUT2D eigenvalue weighted by Gasteiger charge is -2.35. The van der Waals surface area contributed by atoms with Crippen LogP contribution < -0.4 is 0 Å². The SMILES string of the molecule is CC(c1ccc(-c2ccncc2)cc1)N1CCC(CCCO)OC1=O.c1ccccc1. The molecular formula is C26H30N2O3. The van der Waals surface area contributed by atoms with Crippen molar-refractivity contribution in [2.24, 2.45) is 0 Å². The van der Waals surface area contributed by atoms with Crippen LogP contribution in [-0.4, -0.2) is 40.3 Å². The van der Waals surface area contributed by atoms with E-state index in [1.165, 1.54) is 0 Å². The molecule has 1 N–H and O–H groups in total. The molecule has 4 rings (SSSR count). The van der Waals surface area contributed by atoms with Crippen LogP contribution in [0.2, 0.25) is 0 Å². The first kappa shape index (κ1) is 22.5. The van der Waals surface area contributed by atoms with Crippen molar-refractivity contribution in [3.63, 3.8) is 0 Å². The summed E-state index contributed by atoms with van der Waals surface area (Å²) in [6.07, 6.45) is 5.43. The number of nitrogens with zero attached hydrogens (tertiary/aromatic N) is 2. The van der Waals surface area contributed by atoms with Gasteiger partial charge in [-0.2, -0.15) is 0 Å². The fourth-order valence-corrected chi connectivity index (χ4v) is 3.58. The van der Waals surface area contributed by atoms with Gasteiger partial charge in [-0.15, -0.1) is 0 Å². The quantitative estimate of drug-likeness (QED) is 0.576. The van der Waals surface area contributed by atoms with Gasteiger partial charge in [0.05, 0.1) is 6.04 Å². The molecule has 1 amide bonds. The summed E-state index contributed by atoms with van der Waals surface area (Å²) >= 11 is 0. The normalized spacial score (nSPS) is 16.6. The molecule has 1 aromatic heterocycles. The number of aliphatic hydroxyl groups is 1. The molecule has 1 aliphatic rings. The van der Waals surface area contributed by atoms with Crippen LogP contribution in [0, 0.1) is 0 Å². The van der Waals surface area contributed by atoms with Gasteiger partial charge < -0.3 is 14.7 Å². The molecule has 2 unspecified atom stereocenters. The molecule has 0 aliphatic carbocycles. The van der Waals surface area contributed by atoms with E-state index in [-0.39, 0.29) is 24.8 Å². The highest BCUT2D eigenvalue weighted by atomic mass is 16.6. The standard InChI is InChI=1S/C20H24N2O3.C6H6/c1-15(22-13-10-19(3-2-14-23)25-20(22)24)16-4-6-17(7-5-16)18-8-11-21-12-9-18;1-2-4-6-5-3-1/h4-9,11-12,15,19,23H,2-3,10,13-14H2,1H3;1-6H. The van der Waals surface area contributed by atoms with E-state index in [1.54, 1.807) is 17.3 Å². The Balaban J connectivity index is 0.000000391. The highest BCUT2D eigenvalue weighted by molar-refractivity contribution is 5.69. The zero-order chi connectivity index (χ0) is 21.9. The Kier molecular flexibility index (Phi) is 8.61. The van der Waals surface area contributed by atoms with Gasteiger partial charge in [0.15, 0.2) is 0 Å².